The predicted octanol–water partition coefficient (Wildman–Crippen LogP) is 3.32. The lowest BCUT2D eigenvalue weighted by Gasteiger charge is -2.23. The van der Waals surface area contributed by atoms with E-state index in [0.717, 1.165) is 25.1 Å². The summed E-state index contributed by atoms with van der Waals surface area (Å²) in [7, 11) is 0. The number of carboxylic acids is 1. The third kappa shape index (κ3) is 5.21. The van der Waals surface area contributed by atoms with Crippen molar-refractivity contribution in [1.82, 2.24) is 0 Å². The molecule has 0 atom stereocenters. The van der Waals surface area contributed by atoms with Crippen molar-refractivity contribution in [3.05, 3.63) is 29.8 Å². The molecule has 1 aromatic rings. The highest BCUT2D eigenvalue weighted by molar-refractivity contribution is 5.73. The van der Waals surface area contributed by atoms with Crippen LogP contribution in [0.4, 0.5) is 5.69 Å². The Balaban J connectivity index is 2.65. The second kappa shape index (κ2) is 7.04. The Kier molecular flexibility index (Phi) is 5.69. The molecule has 0 aliphatic heterocycles. The van der Waals surface area contributed by atoms with Crippen molar-refractivity contribution in [3.8, 4) is 0 Å². The highest BCUT2D eigenvalue weighted by atomic mass is 16.4. The first kappa shape index (κ1) is 14.6. The minimum absolute atomic E-state index is 0.0706. The minimum atomic E-state index is -0.778. The van der Waals surface area contributed by atoms with Gasteiger partial charge in [-0.05, 0) is 37.8 Å². The smallest absolute Gasteiger partial charge is 0.323 e. The van der Waals surface area contributed by atoms with Crippen LogP contribution in [-0.4, -0.2) is 24.2 Å². The molecule has 0 heterocycles. The highest BCUT2D eigenvalue weighted by Crippen LogP contribution is 2.16. The maximum Gasteiger partial charge on any atom is 0.323 e. The van der Waals surface area contributed by atoms with Gasteiger partial charge in [0.2, 0.25) is 0 Å². The number of rotatable bonds is 7. The van der Waals surface area contributed by atoms with Crippen molar-refractivity contribution < 1.29 is 9.90 Å². The fraction of sp³-hybridized carbons (Fsp3) is 0.533. The van der Waals surface area contributed by atoms with Gasteiger partial charge in [-0.1, -0.05) is 31.5 Å². The number of carbonyl (C=O) groups is 1. The van der Waals surface area contributed by atoms with Crippen LogP contribution in [0.3, 0.4) is 0 Å². The van der Waals surface area contributed by atoms with Crippen molar-refractivity contribution in [3.63, 3.8) is 0 Å². The quantitative estimate of drug-likeness (QED) is 0.806. The summed E-state index contributed by atoms with van der Waals surface area (Å²) >= 11 is 0. The molecule has 1 N–H and O–H groups in total. The van der Waals surface area contributed by atoms with Gasteiger partial charge in [-0.25, -0.2) is 0 Å². The fourth-order valence-corrected chi connectivity index (χ4v) is 1.91. The minimum Gasteiger partial charge on any atom is -0.480 e. The molecule has 1 aromatic carbocycles. The second-order valence-corrected chi connectivity index (χ2v) is 5.19. The molecule has 0 saturated carbocycles. The molecular weight excluding hydrogens is 226 g/mol. The van der Waals surface area contributed by atoms with Crippen LogP contribution in [0, 0.1) is 12.8 Å². The lowest BCUT2D eigenvalue weighted by Crippen LogP contribution is -2.30. The Hall–Kier alpha value is -1.51. The van der Waals surface area contributed by atoms with Crippen molar-refractivity contribution in [2.45, 2.75) is 33.6 Å². The van der Waals surface area contributed by atoms with Crippen LogP contribution in [0.5, 0.6) is 0 Å². The molecule has 0 radical (unpaired) electrons. The Morgan fingerprint density at radius 3 is 2.39 bits per heavy atom. The average molecular weight is 249 g/mol. The molecule has 0 saturated heterocycles. The summed E-state index contributed by atoms with van der Waals surface area (Å²) in [4.78, 5) is 12.8. The van der Waals surface area contributed by atoms with Crippen molar-refractivity contribution in [2.24, 2.45) is 5.92 Å². The molecule has 0 aromatic heterocycles. The molecule has 0 amide bonds. The molecule has 3 heteroatoms. The lowest BCUT2D eigenvalue weighted by molar-refractivity contribution is -0.135. The van der Waals surface area contributed by atoms with Crippen LogP contribution in [0.25, 0.3) is 0 Å². The molecule has 0 fully saturated rings. The van der Waals surface area contributed by atoms with Crippen LogP contribution in [0.15, 0.2) is 24.3 Å². The topological polar surface area (TPSA) is 40.5 Å². The van der Waals surface area contributed by atoms with E-state index in [1.54, 1.807) is 0 Å². The van der Waals surface area contributed by atoms with Crippen molar-refractivity contribution in [1.29, 1.82) is 0 Å². The maximum atomic E-state index is 10.9. The lowest BCUT2D eigenvalue weighted by atomic mass is 10.1. The van der Waals surface area contributed by atoms with Gasteiger partial charge in [0.25, 0.3) is 0 Å². The summed E-state index contributed by atoms with van der Waals surface area (Å²) in [5.41, 5.74) is 2.18. The molecule has 0 aliphatic carbocycles. The number of nitrogens with zero attached hydrogens (tertiary/aromatic N) is 1. The summed E-state index contributed by atoms with van der Waals surface area (Å²) in [5, 5.41) is 8.97. The Morgan fingerprint density at radius 2 is 1.89 bits per heavy atom. The maximum absolute atomic E-state index is 10.9. The third-order valence-corrected chi connectivity index (χ3v) is 2.93. The Morgan fingerprint density at radius 1 is 1.28 bits per heavy atom. The molecule has 0 aliphatic rings. The van der Waals surface area contributed by atoms with Gasteiger partial charge in [0.05, 0.1) is 0 Å². The van der Waals surface area contributed by atoms with Gasteiger partial charge in [0, 0.05) is 12.2 Å². The van der Waals surface area contributed by atoms with Crippen LogP contribution in [0.2, 0.25) is 0 Å². The van der Waals surface area contributed by atoms with Crippen LogP contribution in [0.1, 0.15) is 32.3 Å². The molecule has 3 nitrogen and oxygen atoms in total. The number of hydrogen-bond acceptors (Lipinski definition) is 2. The Labute approximate surface area is 109 Å². The van der Waals surface area contributed by atoms with Gasteiger partial charge in [-0.3, -0.25) is 4.79 Å². The molecule has 0 unspecified atom stereocenters. The average Bonchev–Trinajstić information content (AvgIpc) is 2.28. The van der Waals surface area contributed by atoms with E-state index >= 15 is 0 Å². The molecule has 100 valence electrons. The summed E-state index contributed by atoms with van der Waals surface area (Å²) in [6, 6.07) is 8.03. The largest absolute Gasteiger partial charge is 0.480 e. The molecule has 0 spiro atoms. The van der Waals surface area contributed by atoms with Gasteiger partial charge < -0.3 is 10.0 Å². The van der Waals surface area contributed by atoms with E-state index in [9.17, 15) is 4.79 Å². The first-order valence-corrected chi connectivity index (χ1v) is 6.52. The summed E-state index contributed by atoms with van der Waals surface area (Å²) in [6.45, 7) is 7.28. The molecule has 18 heavy (non-hydrogen) atoms. The van der Waals surface area contributed by atoms with E-state index in [1.807, 2.05) is 36.1 Å². The standard InChI is InChI=1S/C15H23NO2/c1-12(2)5-4-10-16(11-15(17)18)14-8-6-13(3)7-9-14/h6-9,12H,4-5,10-11H2,1-3H3,(H,17,18). The van der Waals surface area contributed by atoms with E-state index in [1.165, 1.54) is 5.56 Å². The second-order valence-electron chi connectivity index (χ2n) is 5.19. The van der Waals surface area contributed by atoms with Crippen LogP contribution in [-0.2, 0) is 4.79 Å². The van der Waals surface area contributed by atoms with Gasteiger partial charge in [-0.2, -0.15) is 0 Å². The zero-order valence-electron chi connectivity index (χ0n) is 11.5. The number of hydrogen-bond donors (Lipinski definition) is 1. The zero-order valence-corrected chi connectivity index (χ0v) is 11.5. The Bertz CT molecular complexity index is 371. The van der Waals surface area contributed by atoms with E-state index < -0.39 is 5.97 Å². The zero-order chi connectivity index (χ0) is 13.5. The molecule has 1 rings (SSSR count). The fourth-order valence-electron chi connectivity index (χ4n) is 1.91. The van der Waals surface area contributed by atoms with Gasteiger partial charge in [0.1, 0.15) is 6.54 Å². The van der Waals surface area contributed by atoms with E-state index in [0.29, 0.717) is 5.92 Å². The summed E-state index contributed by atoms with van der Waals surface area (Å²) in [6.07, 6.45) is 2.15. The number of benzene rings is 1. The van der Waals surface area contributed by atoms with Crippen LogP contribution < -0.4 is 4.90 Å². The van der Waals surface area contributed by atoms with Crippen LogP contribution >= 0.6 is 0 Å². The van der Waals surface area contributed by atoms with Gasteiger partial charge >= 0.3 is 5.97 Å². The van der Waals surface area contributed by atoms with Crippen molar-refractivity contribution >= 4 is 11.7 Å². The summed E-state index contributed by atoms with van der Waals surface area (Å²) < 4.78 is 0. The van der Waals surface area contributed by atoms with Gasteiger partial charge in [-0.15, -0.1) is 0 Å². The van der Waals surface area contributed by atoms with E-state index in [-0.39, 0.29) is 6.54 Å². The highest BCUT2D eigenvalue weighted by Gasteiger charge is 2.10. The normalized spacial score (nSPS) is 10.7. The van der Waals surface area contributed by atoms with Gasteiger partial charge in [0.15, 0.2) is 0 Å². The number of anilines is 1. The third-order valence-electron chi connectivity index (χ3n) is 2.93. The molecule has 0 bridgehead atoms. The number of aliphatic carboxylic acids is 1. The van der Waals surface area contributed by atoms with E-state index in [2.05, 4.69) is 13.8 Å². The SMILES string of the molecule is Cc1ccc(N(CCCC(C)C)CC(=O)O)cc1. The summed E-state index contributed by atoms with van der Waals surface area (Å²) in [5.74, 6) is -0.116. The van der Waals surface area contributed by atoms with Crippen molar-refractivity contribution in [2.75, 3.05) is 18.0 Å². The number of carboxylic acid groups (broad SMARTS) is 1. The molecular formula is C15H23NO2. The first-order valence-electron chi connectivity index (χ1n) is 6.52. The number of aryl methyl sites for hydroxylation is 1. The van der Waals surface area contributed by atoms with E-state index in [4.69, 9.17) is 5.11 Å². The monoisotopic (exact) mass is 249 g/mol. The predicted molar refractivity (Wildman–Crippen MR) is 75.1 cm³/mol. The first-order chi connectivity index (χ1) is 8.49.